The third-order valence-electron chi connectivity index (χ3n) is 3.78. The van der Waals surface area contributed by atoms with Crippen molar-refractivity contribution in [3.05, 3.63) is 64.1 Å². The molecule has 7 heteroatoms. The molecule has 1 N–H and O–H groups in total. The maximum absolute atomic E-state index is 12.4. The molecule has 0 aromatic heterocycles. The third-order valence-corrected chi connectivity index (χ3v) is 4.34. The first kappa shape index (κ1) is 20.8. The predicted octanol–water partition coefficient (Wildman–Crippen LogP) is 4.50. The number of halogens is 2. The Morgan fingerprint density at radius 3 is 2.59 bits per heavy atom. The van der Waals surface area contributed by atoms with E-state index < -0.39 is 0 Å². The molecule has 27 heavy (non-hydrogen) atoms. The molecule has 0 radical (unpaired) electrons. The fourth-order valence-electron chi connectivity index (χ4n) is 2.36. The van der Waals surface area contributed by atoms with Gasteiger partial charge in [-0.15, -0.1) is 0 Å². The monoisotopic (exact) mass is 406 g/mol. The number of ether oxygens (including phenoxy) is 1. The molecule has 5 nitrogen and oxygen atoms in total. The van der Waals surface area contributed by atoms with E-state index in [0.717, 1.165) is 0 Å². The van der Waals surface area contributed by atoms with E-state index in [1.165, 1.54) is 18.1 Å². The highest BCUT2D eigenvalue weighted by atomic mass is 35.5. The minimum atomic E-state index is -0.312. The van der Waals surface area contributed by atoms with E-state index in [-0.39, 0.29) is 18.4 Å². The van der Waals surface area contributed by atoms with Crippen molar-refractivity contribution in [2.24, 2.45) is 0 Å². The predicted molar refractivity (Wildman–Crippen MR) is 109 cm³/mol. The number of hydrogen-bond donors (Lipinski definition) is 1. The number of likely N-dealkylation sites (N-methyl/N-ethyl adjacent to an activating group) is 1. The molecule has 2 aromatic rings. The zero-order chi connectivity index (χ0) is 19.8. The summed E-state index contributed by atoms with van der Waals surface area (Å²) in [7, 11) is 1.53. The van der Waals surface area contributed by atoms with E-state index in [1.54, 1.807) is 49.4 Å². The molecule has 0 atom stereocenters. The van der Waals surface area contributed by atoms with Crippen LogP contribution in [0.4, 0.5) is 5.69 Å². The number of carbonyl (C=O) groups is 2. The second kappa shape index (κ2) is 10.00. The fraction of sp³-hybridized carbons (Fsp3) is 0.200. The minimum Gasteiger partial charge on any atom is -0.495 e. The zero-order valence-corrected chi connectivity index (χ0v) is 16.6. The lowest BCUT2D eigenvalue weighted by Gasteiger charge is -2.19. The first-order valence-electron chi connectivity index (χ1n) is 8.29. The van der Waals surface area contributed by atoms with Crippen molar-refractivity contribution < 1.29 is 14.3 Å². The first-order valence-corrected chi connectivity index (χ1v) is 9.05. The van der Waals surface area contributed by atoms with E-state index in [4.69, 9.17) is 27.9 Å². The Bertz CT molecular complexity index is 853. The maximum Gasteiger partial charge on any atom is 0.247 e. The summed E-state index contributed by atoms with van der Waals surface area (Å²) >= 11 is 12.0. The molecule has 0 aliphatic rings. The van der Waals surface area contributed by atoms with E-state index >= 15 is 0 Å². The molecule has 0 spiro atoms. The summed E-state index contributed by atoms with van der Waals surface area (Å²) in [4.78, 5) is 26.1. The van der Waals surface area contributed by atoms with Gasteiger partial charge in [-0.2, -0.15) is 0 Å². The van der Waals surface area contributed by atoms with E-state index in [1.807, 2.05) is 6.07 Å². The molecule has 0 saturated carbocycles. The summed E-state index contributed by atoms with van der Waals surface area (Å²) < 4.78 is 5.20. The lowest BCUT2D eigenvalue weighted by molar-refractivity contribution is -0.130. The Morgan fingerprint density at radius 2 is 1.93 bits per heavy atom. The van der Waals surface area contributed by atoms with Crippen LogP contribution < -0.4 is 10.1 Å². The number of benzene rings is 2. The number of carbonyl (C=O) groups excluding carboxylic acids is 2. The molecule has 2 rings (SSSR count). The first-order chi connectivity index (χ1) is 12.9. The summed E-state index contributed by atoms with van der Waals surface area (Å²) in [5.41, 5.74) is 1.22. The van der Waals surface area contributed by atoms with Gasteiger partial charge in [-0.05, 0) is 42.8 Å². The molecule has 0 saturated heterocycles. The van der Waals surface area contributed by atoms with Gasteiger partial charge in [0.05, 0.1) is 12.8 Å². The second-order valence-electron chi connectivity index (χ2n) is 5.60. The second-order valence-corrected chi connectivity index (χ2v) is 6.44. The van der Waals surface area contributed by atoms with Crippen LogP contribution in [-0.4, -0.2) is 36.9 Å². The molecular formula is C20H20Cl2N2O3. The van der Waals surface area contributed by atoms with Crippen LogP contribution in [0.3, 0.4) is 0 Å². The fourth-order valence-corrected chi connectivity index (χ4v) is 2.83. The highest BCUT2D eigenvalue weighted by molar-refractivity contribution is 6.35. The standard InChI is InChI=1S/C20H20Cl2N2O3/c1-3-24(13-19(25)23-17-6-4-5-7-18(17)27-2)20(26)11-9-14-8-10-15(21)12-16(14)22/h4-12H,3,13H2,1-2H3,(H,23,25)/b11-9+. The number of rotatable bonds is 7. The van der Waals surface area contributed by atoms with Crippen LogP contribution in [0, 0.1) is 0 Å². The van der Waals surface area contributed by atoms with E-state index in [0.29, 0.717) is 33.6 Å². The molecule has 2 aromatic carbocycles. The number of anilines is 1. The average molecular weight is 407 g/mol. The number of methoxy groups -OCH3 is 1. The quantitative estimate of drug-likeness (QED) is 0.688. The third kappa shape index (κ3) is 6.01. The van der Waals surface area contributed by atoms with Gasteiger partial charge in [-0.1, -0.05) is 41.4 Å². The molecule has 2 amide bonds. The summed E-state index contributed by atoms with van der Waals surface area (Å²) in [6.45, 7) is 2.11. The number of hydrogen-bond acceptors (Lipinski definition) is 3. The summed E-state index contributed by atoms with van der Waals surface area (Å²) in [6.07, 6.45) is 2.98. The van der Waals surface area contributed by atoms with Crippen LogP contribution in [0.25, 0.3) is 6.08 Å². The molecule has 0 aliphatic heterocycles. The largest absolute Gasteiger partial charge is 0.495 e. The normalized spacial score (nSPS) is 10.7. The Labute approximate surface area is 168 Å². The zero-order valence-electron chi connectivity index (χ0n) is 15.0. The number of nitrogens with one attached hydrogen (secondary N) is 1. The SMILES string of the molecule is CCN(CC(=O)Nc1ccccc1OC)C(=O)/C=C/c1ccc(Cl)cc1Cl. The average Bonchev–Trinajstić information content (AvgIpc) is 2.65. The van der Waals surface area contributed by atoms with Crippen LogP contribution in [0.15, 0.2) is 48.5 Å². The van der Waals surface area contributed by atoms with Crippen LogP contribution in [0.5, 0.6) is 5.75 Å². The lowest BCUT2D eigenvalue weighted by Crippen LogP contribution is -2.36. The van der Waals surface area contributed by atoms with Crippen LogP contribution in [0.1, 0.15) is 12.5 Å². The minimum absolute atomic E-state index is 0.0773. The van der Waals surface area contributed by atoms with E-state index in [9.17, 15) is 9.59 Å². The van der Waals surface area contributed by atoms with Gasteiger partial charge in [0, 0.05) is 22.7 Å². The molecular weight excluding hydrogens is 387 g/mol. The Hall–Kier alpha value is -2.50. The molecule has 0 aliphatic carbocycles. The van der Waals surface area contributed by atoms with Gasteiger partial charge in [0.1, 0.15) is 12.3 Å². The summed E-state index contributed by atoms with van der Waals surface area (Å²) in [5, 5.41) is 3.72. The molecule has 0 unspecified atom stereocenters. The molecule has 0 bridgehead atoms. The summed E-state index contributed by atoms with van der Waals surface area (Å²) in [5.74, 6) is -0.0520. The molecule has 142 valence electrons. The van der Waals surface area contributed by atoms with Crippen molar-refractivity contribution in [1.82, 2.24) is 4.90 Å². The Balaban J connectivity index is 2.01. The topological polar surface area (TPSA) is 58.6 Å². The van der Waals surface area contributed by atoms with Crippen molar-refractivity contribution in [2.45, 2.75) is 6.92 Å². The molecule has 0 fully saturated rings. The van der Waals surface area contributed by atoms with Crippen molar-refractivity contribution in [1.29, 1.82) is 0 Å². The highest BCUT2D eigenvalue weighted by Gasteiger charge is 2.15. The smallest absolute Gasteiger partial charge is 0.247 e. The van der Waals surface area contributed by atoms with Crippen LogP contribution in [0.2, 0.25) is 10.0 Å². The van der Waals surface area contributed by atoms with Gasteiger partial charge >= 0.3 is 0 Å². The molecule has 0 heterocycles. The Kier molecular flexibility index (Phi) is 7.70. The van der Waals surface area contributed by atoms with Crippen LogP contribution in [-0.2, 0) is 9.59 Å². The highest BCUT2D eigenvalue weighted by Crippen LogP contribution is 2.23. The number of amides is 2. The van der Waals surface area contributed by atoms with Gasteiger partial charge in [0.2, 0.25) is 11.8 Å². The van der Waals surface area contributed by atoms with Crippen molar-refractivity contribution in [2.75, 3.05) is 25.5 Å². The lowest BCUT2D eigenvalue weighted by atomic mass is 10.2. The van der Waals surface area contributed by atoms with Crippen molar-refractivity contribution in [3.63, 3.8) is 0 Å². The van der Waals surface area contributed by atoms with Gasteiger partial charge in [0.25, 0.3) is 0 Å². The van der Waals surface area contributed by atoms with Gasteiger partial charge in [-0.3, -0.25) is 9.59 Å². The van der Waals surface area contributed by atoms with E-state index in [2.05, 4.69) is 5.32 Å². The number of nitrogens with zero attached hydrogens (tertiary/aromatic N) is 1. The van der Waals surface area contributed by atoms with Gasteiger partial charge < -0.3 is 15.0 Å². The van der Waals surface area contributed by atoms with Crippen LogP contribution >= 0.6 is 23.2 Å². The van der Waals surface area contributed by atoms with Crippen molar-refractivity contribution in [3.8, 4) is 5.75 Å². The summed E-state index contributed by atoms with van der Waals surface area (Å²) in [6, 6.07) is 12.1. The van der Waals surface area contributed by atoms with Crippen molar-refractivity contribution >= 4 is 46.8 Å². The van der Waals surface area contributed by atoms with Gasteiger partial charge in [-0.25, -0.2) is 0 Å². The van der Waals surface area contributed by atoms with Gasteiger partial charge in [0.15, 0.2) is 0 Å². The Morgan fingerprint density at radius 1 is 1.19 bits per heavy atom. The maximum atomic E-state index is 12.4. The number of para-hydroxylation sites is 2.